The summed E-state index contributed by atoms with van der Waals surface area (Å²) in [7, 11) is 0. The van der Waals surface area contributed by atoms with Gasteiger partial charge in [-0.1, -0.05) is 48.9 Å². The Hall–Kier alpha value is -2.88. The van der Waals surface area contributed by atoms with Crippen LogP contribution in [0, 0.1) is 13.8 Å². The van der Waals surface area contributed by atoms with Crippen molar-refractivity contribution in [3.8, 4) is 11.6 Å². The highest BCUT2D eigenvalue weighted by Crippen LogP contribution is 2.29. The van der Waals surface area contributed by atoms with Gasteiger partial charge in [-0.3, -0.25) is 0 Å². The fraction of sp³-hybridized carbons (Fsp3) is 0.273. The van der Waals surface area contributed by atoms with Crippen LogP contribution in [0.25, 0.3) is 22.5 Å². The normalized spacial score (nSPS) is 11.3. The van der Waals surface area contributed by atoms with Gasteiger partial charge < -0.3 is 8.98 Å². The summed E-state index contributed by atoms with van der Waals surface area (Å²) in [5.41, 5.74) is 6.02. The first-order valence-corrected chi connectivity index (χ1v) is 9.13. The largest absolute Gasteiger partial charge is 0.419 e. The highest BCUT2D eigenvalue weighted by molar-refractivity contribution is 5.85. The zero-order valence-corrected chi connectivity index (χ0v) is 15.5. The molecule has 0 aliphatic rings. The van der Waals surface area contributed by atoms with Crippen molar-refractivity contribution in [3.63, 3.8) is 0 Å². The number of para-hydroxylation sites is 1. The van der Waals surface area contributed by atoms with Crippen LogP contribution in [0.1, 0.15) is 35.9 Å². The number of hydrogen-bond acceptors (Lipinski definition) is 3. The van der Waals surface area contributed by atoms with E-state index in [2.05, 4.69) is 84.1 Å². The van der Waals surface area contributed by atoms with Gasteiger partial charge in [0.25, 0.3) is 5.89 Å². The predicted octanol–water partition coefficient (Wildman–Crippen LogP) is 5.31. The third-order valence-electron chi connectivity index (χ3n) is 4.79. The molecule has 0 unspecified atom stereocenters. The second-order valence-electron chi connectivity index (χ2n) is 6.86. The number of rotatable bonds is 5. The maximum Gasteiger partial charge on any atom is 0.264 e. The van der Waals surface area contributed by atoms with E-state index in [0.717, 1.165) is 25.1 Å². The summed E-state index contributed by atoms with van der Waals surface area (Å²) in [4.78, 5) is 0. The Labute approximate surface area is 153 Å². The summed E-state index contributed by atoms with van der Waals surface area (Å²) in [6.07, 6.45) is 1.80. The summed E-state index contributed by atoms with van der Waals surface area (Å²) in [6.45, 7) is 7.18. The van der Waals surface area contributed by atoms with Gasteiger partial charge in [0.2, 0.25) is 5.89 Å². The molecule has 0 saturated heterocycles. The van der Waals surface area contributed by atoms with Crippen LogP contribution in [-0.4, -0.2) is 14.8 Å². The summed E-state index contributed by atoms with van der Waals surface area (Å²) in [5.74, 6) is 1.29. The predicted molar refractivity (Wildman–Crippen MR) is 104 cm³/mol. The molecule has 26 heavy (non-hydrogen) atoms. The van der Waals surface area contributed by atoms with Gasteiger partial charge in [-0.15, -0.1) is 10.2 Å². The summed E-state index contributed by atoms with van der Waals surface area (Å²) in [5, 5.41) is 9.69. The van der Waals surface area contributed by atoms with E-state index in [1.54, 1.807) is 0 Å². The van der Waals surface area contributed by atoms with E-state index in [0.29, 0.717) is 11.8 Å². The number of benzene rings is 2. The Balaban J connectivity index is 1.85. The zero-order chi connectivity index (χ0) is 18.1. The van der Waals surface area contributed by atoms with Crippen molar-refractivity contribution in [2.24, 2.45) is 0 Å². The minimum Gasteiger partial charge on any atom is -0.419 e. The van der Waals surface area contributed by atoms with Gasteiger partial charge in [0.05, 0.1) is 0 Å². The Morgan fingerprint density at radius 3 is 2.69 bits per heavy atom. The van der Waals surface area contributed by atoms with Crippen LogP contribution < -0.4 is 0 Å². The van der Waals surface area contributed by atoms with Crippen LogP contribution in [0.15, 0.2) is 52.9 Å². The third-order valence-corrected chi connectivity index (χ3v) is 4.79. The lowest BCUT2D eigenvalue weighted by atomic mass is 10.1. The second-order valence-corrected chi connectivity index (χ2v) is 6.86. The van der Waals surface area contributed by atoms with Crippen LogP contribution in [-0.2, 0) is 13.0 Å². The first-order chi connectivity index (χ1) is 12.7. The average Bonchev–Trinajstić information content (AvgIpc) is 3.23. The number of nitrogens with zero attached hydrogens (tertiary/aromatic N) is 3. The lowest BCUT2D eigenvalue weighted by molar-refractivity contribution is 0.498. The van der Waals surface area contributed by atoms with Crippen molar-refractivity contribution in [2.75, 3.05) is 0 Å². The van der Waals surface area contributed by atoms with Gasteiger partial charge in [0.1, 0.15) is 5.69 Å². The Bertz CT molecular complexity index is 1060. The molecule has 132 valence electrons. The molecule has 0 aliphatic heterocycles. The van der Waals surface area contributed by atoms with Crippen LogP contribution in [0.3, 0.4) is 0 Å². The maximum absolute atomic E-state index is 5.93. The smallest absolute Gasteiger partial charge is 0.264 e. The Morgan fingerprint density at radius 1 is 1.00 bits per heavy atom. The molecule has 0 radical (unpaired) electrons. The standard InChI is InChI=1S/C22H23N3O/c1-4-7-21-23-24-22(26-21)20-13-17-8-5-6-9-19(17)25(20)14-18-12-15(2)10-11-16(18)3/h5-6,8-13H,4,7,14H2,1-3H3. The monoisotopic (exact) mass is 345 g/mol. The fourth-order valence-electron chi connectivity index (χ4n) is 3.37. The molecule has 4 aromatic rings. The van der Waals surface area contributed by atoms with Gasteiger partial charge in [0.15, 0.2) is 0 Å². The molecule has 0 saturated carbocycles. The van der Waals surface area contributed by atoms with Crippen molar-refractivity contribution in [1.29, 1.82) is 0 Å². The van der Waals surface area contributed by atoms with E-state index >= 15 is 0 Å². The third kappa shape index (κ3) is 3.03. The van der Waals surface area contributed by atoms with Gasteiger partial charge >= 0.3 is 0 Å². The van der Waals surface area contributed by atoms with E-state index in [1.165, 1.54) is 27.6 Å². The Morgan fingerprint density at radius 2 is 1.85 bits per heavy atom. The van der Waals surface area contributed by atoms with E-state index in [1.807, 2.05) is 0 Å². The first-order valence-electron chi connectivity index (χ1n) is 9.13. The van der Waals surface area contributed by atoms with E-state index in [9.17, 15) is 0 Å². The summed E-state index contributed by atoms with van der Waals surface area (Å²) in [6, 6.07) is 17.1. The quantitative estimate of drug-likeness (QED) is 0.492. The van der Waals surface area contributed by atoms with Gasteiger partial charge in [-0.25, -0.2) is 0 Å². The lowest BCUT2D eigenvalue weighted by Gasteiger charge is -2.12. The van der Waals surface area contributed by atoms with Crippen LogP contribution in [0.4, 0.5) is 0 Å². The lowest BCUT2D eigenvalue weighted by Crippen LogP contribution is -2.04. The molecule has 2 aromatic carbocycles. The first kappa shape index (κ1) is 16.6. The molecule has 0 atom stereocenters. The molecular formula is C22H23N3O. The van der Waals surface area contributed by atoms with Crippen LogP contribution >= 0.6 is 0 Å². The van der Waals surface area contributed by atoms with Crippen molar-refractivity contribution in [1.82, 2.24) is 14.8 Å². The summed E-state index contributed by atoms with van der Waals surface area (Å²) >= 11 is 0. The van der Waals surface area contributed by atoms with Gasteiger partial charge in [0, 0.05) is 23.9 Å². The van der Waals surface area contributed by atoms with Gasteiger partial charge in [-0.05, 0) is 43.5 Å². The SMILES string of the molecule is CCCc1nnc(-c2cc3ccccc3n2Cc2cc(C)ccc2C)o1. The molecule has 4 nitrogen and oxygen atoms in total. The molecule has 0 spiro atoms. The maximum atomic E-state index is 5.93. The average molecular weight is 345 g/mol. The van der Waals surface area contributed by atoms with Crippen molar-refractivity contribution >= 4 is 10.9 Å². The topological polar surface area (TPSA) is 43.9 Å². The van der Waals surface area contributed by atoms with E-state index in [-0.39, 0.29) is 0 Å². The van der Waals surface area contributed by atoms with E-state index < -0.39 is 0 Å². The number of aryl methyl sites for hydroxylation is 3. The molecule has 0 amide bonds. The Kier molecular flexibility index (Phi) is 4.33. The molecule has 4 heteroatoms. The van der Waals surface area contributed by atoms with Crippen LogP contribution in [0.5, 0.6) is 0 Å². The molecule has 0 aliphatic carbocycles. The molecule has 0 N–H and O–H groups in total. The number of fused-ring (bicyclic) bond motifs is 1. The zero-order valence-electron chi connectivity index (χ0n) is 15.5. The molecule has 2 aromatic heterocycles. The summed E-state index contributed by atoms with van der Waals surface area (Å²) < 4.78 is 8.21. The molecular weight excluding hydrogens is 322 g/mol. The minimum absolute atomic E-state index is 0.593. The molecule has 4 rings (SSSR count). The number of hydrogen-bond donors (Lipinski definition) is 0. The van der Waals surface area contributed by atoms with Gasteiger partial charge in [-0.2, -0.15) is 0 Å². The van der Waals surface area contributed by atoms with E-state index in [4.69, 9.17) is 4.42 Å². The molecule has 0 fully saturated rings. The van der Waals surface area contributed by atoms with Crippen molar-refractivity contribution in [2.45, 2.75) is 40.2 Å². The number of aromatic nitrogens is 3. The minimum atomic E-state index is 0.593. The second kappa shape index (κ2) is 6.79. The highest BCUT2D eigenvalue weighted by Gasteiger charge is 2.17. The highest BCUT2D eigenvalue weighted by atomic mass is 16.4. The molecule has 0 bridgehead atoms. The van der Waals surface area contributed by atoms with Crippen molar-refractivity contribution < 1.29 is 4.42 Å². The van der Waals surface area contributed by atoms with Crippen molar-refractivity contribution in [3.05, 3.63) is 71.1 Å². The fourth-order valence-corrected chi connectivity index (χ4v) is 3.37. The van der Waals surface area contributed by atoms with Crippen LogP contribution in [0.2, 0.25) is 0 Å². The molecule has 2 heterocycles.